The summed E-state index contributed by atoms with van der Waals surface area (Å²) in [4.78, 5) is 0. The van der Waals surface area contributed by atoms with Crippen molar-refractivity contribution in [3.05, 3.63) is 17.5 Å². The summed E-state index contributed by atoms with van der Waals surface area (Å²) < 4.78 is 2.05. The van der Waals surface area contributed by atoms with Crippen molar-refractivity contribution in [3.8, 4) is 0 Å². The van der Waals surface area contributed by atoms with Crippen molar-refractivity contribution >= 4 is 0 Å². The van der Waals surface area contributed by atoms with Crippen molar-refractivity contribution in [1.82, 2.24) is 15.1 Å². The van der Waals surface area contributed by atoms with Crippen LogP contribution in [0, 0.1) is 0 Å². The fourth-order valence-corrected chi connectivity index (χ4v) is 3.33. The third-order valence-corrected chi connectivity index (χ3v) is 4.69. The molecule has 0 saturated heterocycles. The van der Waals surface area contributed by atoms with Crippen LogP contribution in [0.15, 0.2) is 6.07 Å². The maximum atomic E-state index is 10.9. The standard InChI is InChI=1S/C17H31N3O/c1-4-11-18-15-7-9-17(21,10-8-15)13-16-12-14(5-2)19-20(16)6-3/h12,15,18,21H,4-11,13H2,1-3H3. The van der Waals surface area contributed by atoms with Gasteiger partial charge in [0.25, 0.3) is 0 Å². The Morgan fingerprint density at radius 2 is 2.05 bits per heavy atom. The molecule has 1 aliphatic rings. The van der Waals surface area contributed by atoms with Gasteiger partial charge in [-0.3, -0.25) is 4.68 Å². The fourth-order valence-electron chi connectivity index (χ4n) is 3.33. The number of hydrogen-bond acceptors (Lipinski definition) is 3. The lowest BCUT2D eigenvalue weighted by molar-refractivity contribution is -0.00467. The predicted octanol–water partition coefficient (Wildman–Crippen LogP) is 2.68. The zero-order valence-electron chi connectivity index (χ0n) is 13.9. The first-order chi connectivity index (χ1) is 10.1. The number of rotatable bonds is 7. The van der Waals surface area contributed by atoms with Gasteiger partial charge in [0.05, 0.1) is 11.3 Å². The van der Waals surface area contributed by atoms with E-state index in [1.807, 2.05) is 0 Å². The monoisotopic (exact) mass is 293 g/mol. The number of nitrogens with zero attached hydrogens (tertiary/aromatic N) is 2. The summed E-state index contributed by atoms with van der Waals surface area (Å²) >= 11 is 0. The second-order valence-electron chi connectivity index (χ2n) is 6.43. The predicted molar refractivity (Wildman–Crippen MR) is 86.5 cm³/mol. The van der Waals surface area contributed by atoms with E-state index in [0.717, 1.165) is 57.3 Å². The summed E-state index contributed by atoms with van der Waals surface area (Å²) in [7, 11) is 0. The van der Waals surface area contributed by atoms with Gasteiger partial charge in [0.2, 0.25) is 0 Å². The smallest absolute Gasteiger partial charge is 0.0704 e. The minimum atomic E-state index is -0.539. The molecule has 0 bridgehead atoms. The van der Waals surface area contributed by atoms with Crippen molar-refractivity contribution in [2.45, 2.75) is 83.9 Å². The Hall–Kier alpha value is -0.870. The number of aliphatic hydroxyl groups is 1. The molecule has 0 radical (unpaired) electrons. The van der Waals surface area contributed by atoms with E-state index in [2.05, 4.69) is 41.9 Å². The number of hydrogen-bond donors (Lipinski definition) is 2. The lowest BCUT2D eigenvalue weighted by atomic mass is 9.79. The minimum Gasteiger partial charge on any atom is -0.389 e. The molecule has 120 valence electrons. The molecule has 1 aromatic rings. The highest BCUT2D eigenvalue weighted by Crippen LogP contribution is 2.31. The van der Waals surface area contributed by atoms with Gasteiger partial charge in [0, 0.05) is 24.7 Å². The van der Waals surface area contributed by atoms with E-state index < -0.39 is 5.60 Å². The molecule has 0 aliphatic heterocycles. The molecule has 21 heavy (non-hydrogen) atoms. The molecule has 2 rings (SSSR count). The number of aryl methyl sites for hydroxylation is 2. The average molecular weight is 293 g/mol. The Bertz CT molecular complexity index is 433. The Morgan fingerprint density at radius 3 is 2.62 bits per heavy atom. The Balaban J connectivity index is 1.95. The fraction of sp³-hybridized carbons (Fsp3) is 0.824. The quantitative estimate of drug-likeness (QED) is 0.812. The van der Waals surface area contributed by atoms with Gasteiger partial charge in [-0.25, -0.2) is 0 Å². The zero-order chi connectivity index (χ0) is 15.3. The van der Waals surface area contributed by atoms with Crippen LogP contribution in [0.2, 0.25) is 0 Å². The van der Waals surface area contributed by atoms with Crippen LogP contribution in [0.5, 0.6) is 0 Å². The number of nitrogens with one attached hydrogen (secondary N) is 1. The van der Waals surface area contributed by atoms with Gasteiger partial charge < -0.3 is 10.4 Å². The van der Waals surface area contributed by atoms with Crippen molar-refractivity contribution in [1.29, 1.82) is 0 Å². The van der Waals surface area contributed by atoms with Crippen molar-refractivity contribution in [2.24, 2.45) is 0 Å². The van der Waals surface area contributed by atoms with Gasteiger partial charge >= 0.3 is 0 Å². The van der Waals surface area contributed by atoms with Gasteiger partial charge in [-0.05, 0) is 58.1 Å². The van der Waals surface area contributed by atoms with Gasteiger partial charge in [-0.15, -0.1) is 0 Å². The molecule has 0 aromatic carbocycles. The van der Waals surface area contributed by atoms with Crippen LogP contribution in [-0.4, -0.2) is 33.1 Å². The van der Waals surface area contributed by atoms with Crippen molar-refractivity contribution < 1.29 is 5.11 Å². The lowest BCUT2D eigenvalue weighted by Crippen LogP contribution is -2.43. The summed E-state index contributed by atoms with van der Waals surface area (Å²) in [6, 6.07) is 2.76. The minimum absolute atomic E-state index is 0.539. The first kappa shape index (κ1) is 16.5. The van der Waals surface area contributed by atoms with Gasteiger partial charge in [-0.2, -0.15) is 5.10 Å². The van der Waals surface area contributed by atoms with Crippen LogP contribution in [0.3, 0.4) is 0 Å². The van der Waals surface area contributed by atoms with E-state index in [1.54, 1.807) is 0 Å². The van der Waals surface area contributed by atoms with Crippen LogP contribution in [0.25, 0.3) is 0 Å². The van der Waals surface area contributed by atoms with Crippen LogP contribution in [-0.2, 0) is 19.4 Å². The van der Waals surface area contributed by atoms with Crippen LogP contribution in [0.4, 0.5) is 0 Å². The van der Waals surface area contributed by atoms with E-state index in [1.165, 1.54) is 12.1 Å². The largest absolute Gasteiger partial charge is 0.389 e. The first-order valence-electron chi connectivity index (χ1n) is 8.61. The Labute approximate surface area is 128 Å². The van der Waals surface area contributed by atoms with E-state index in [0.29, 0.717) is 6.04 Å². The molecule has 4 heteroatoms. The van der Waals surface area contributed by atoms with Crippen molar-refractivity contribution in [3.63, 3.8) is 0 Å². The Morgan fingerprint density at radius 1 is 1.33 bits per heavy atom. The summed E-state index contributed by atoms with van der Waals surface area (Å²) in [5, 5.41) is 19.1. The summed E-state index contributed by atoms with van der Waals surface area (Å²) in [5.41, 5.74) is 1.79. The lowest BCUT2D eigenvalue weighted by Gasteiger charge is -2.36. The molecule has 2 N–H and O–H groups in total. The van der Waals surface area contributed by atoms with Crippen molar-refractivity contribution in [2.75, 3.05) is 6.54 Å². The second-order valence-corrected chi connectivity index (χ2v) is 6.43. The van der Waals surface area contributed by atoms with E-state index in [4.69, 9.17) is 0 Å². The molecule has 4 nitrogen and oxygen atoms in total. The molecule has 1 saturated carbocycles. The van der Waals surface area contributed by atoms with Crippen LogP contribution < -0.4 is 5.32 Å². The average Bonchev–Trinajstić information content (AvgIpc) is 2.88. The van der Waals surface area contributed by atoms with E-state index in [9.17, 15) is 5.11 Å². The zero-order valence-corrected chi connectivity index (χ0v) is 13.9. The highest BCUT2D eigenvalue weighted by atomic mass is 16.3. The molecule has 1 fully saturated rings. The molecule has 0 amide bonds. The Kier molecular flexibility index (Phi) is 5.82. The molecule has 0 unspecified atom stereocenters. The van der Waals surface area contributed by atoms with Gasteiger partial charge in [-0.1, -0.05) is 13.8 Å². The third kappa shape index (κ3) is 4.30. The molecule has 0 atom stereocenters. The normalized spacial score (nSPS) is 26.2. The molecular weight excluding hydrogens is 262 g/mol. The molecule has 1 aliphatic carbocycles. The van der Waals surface area contributed by atoms with Crippen LogP contribution >= 0.6 is 0 Å². The van der Waals surface area contributed by atoms with Gasteiger partial charge in [0.15, 0.2) is 0 Å². The highest BCUT2D eigenvalue weighted by Gasteiger charge is 2.34. The highest BCUT2D eigenvalue weighted by molar-refractivity contribution is 5.13. The number of aromatic nitrogens is 2. The molecule has 1 heterocycles. The summed E-state index contributed by atoms with van der Waals surface area (Å²) in [6.45, 7) is 8.41. The topological polar surface area (TPSA) is 50.1 Å². The van der Waals surface area contributed by atoms with Crippen LogP contribution in [0.1, 0.15) is 64.3 Å². The maximum absolute atomic E-state index is 10.9. The maximum Gasteiger partial charge on any atom is 0.0704 e. The van der Waals surface area contributed by atoms with E-state index >= 15 is 0 Å². The summed E-state index contributed by atoms with van der Waals surface area (Å²) in [5.74, 6) is 0. The molecule has 1 aromatic heterocycles. The first-order valence-corrected chi connectivity index (χ1v) is 8.61. The van der Waals surface area contributed by atoms with E-state index in [-0.39, 0.29) is 0 Å². The SMILES string of the molecule is CCCNC1CCC(O)(Cc2cc(CC)nn2CC)CC1. The molecule has 0 spiro atoms. The summed E-state index contributed by atoms with van der Waals surface area (Å²) in [6.07, 6.45) is 6.83. The second kappa shape index (κ2) is 7.41. The third-order valence-electron chi connectivity index (χ3n) is 4.69. The van der Waals surface area contributed by atoms with Gasteiger partial charge in [0.1, 0.15) is 0 Å². The molecular formula is C17H31N3O.